The molecule has 0 saturated carbocycles. The van der Waals surface area contributed by atoms with Gasteiger partial charge in [0.15, 0.2) is 5.96 Å². The molecule has 3 aromatic rings. The average molecular weight is 405 g/mol. The number of morpholine rings is 1. The maximum atomic E-state index is 6.05. The molecule has 0 aliphatic carbocycles. The molecule has 2 aromatic heterocycles. The first-order valence-electron chi connectivity index (χ1n) is 10.2. The van der Waals surface area contributed by atoms with Gasteiger partial charge in [-0.1, -0.05) is 30.3 Å². The molecule has 7 heteroatoms. The Morgan fingerprint density at radius 1 is 1.20 bits per heavy atom. The third kappa shape index (κ3) is 4.36. The van der Waals surface area contributed by atoms with Gasteiger partial charge >= 0.3 is 0 Å². The van der Waals surface area contributed by atoms with Crippen LogP contribution in [0.3, 0.4) is 0 Å². The number of ether oxygens (including phenoxy) is 1. The molecule has 1 unspecified atom stereocenters. The lowest BCUT2D eigenvalue weighted by Gasteiger charge is -2.35. The summed E-state index contributed by atoms with van der Waals surface area (Å²) in [6.45, 7) is 7.04. The average Bonchev–Trinajstić information content (AvgIpc) is 3.21. The van der Waals surface area contributed by atoms with Gasteiger partial charge in [-0.05, 0) is 36.6 Å². The summed E-state index contributed by atoms with van der Waals surface area (Å²) in [5.74, 6) is 2.67. The summed E-state index contributed by atoms with van der Waals surface area (Å²) in [4.78, 5) is 15.6. The molecule has 1 aromatic carbocycles. The number of aryl methyl sites for hydroxylation is 2. The molecule has 1 N–H and O–H groups in total. The van der Waals surface area contributed by atoms with Gasteiger partial charge in [-0.3, -0.25) is 9.56 Å². The van der Waals surface area contributed by atoms with Crippen molar-refractivity contribution in [2.45, 2.75) is 26.5 Å². The number of nitrogens with zero attached hydrogens (tertiary/aromatic N) is 5. The Bertz CT molecular complexity index is 1010. The van der Waals surface area contributed by atoms with Crippen LogP contribution in [0.25, 0.3) is 5.82 Å². The highest BCUT2D eigenvalue weighted by molar-refractivity contribution is 5.80. The van der Waals surface area contributed by atoms with Crippen molar-refractivity contribution < 1.29 is 4.74 Å². The van der Waals surface area contributed by atoms with Crippen LogP contribution in [0.5, 0.6) is 0 Å². The highest BCUT2D eigenvalue weighted by Crippen LogP contribution is 2.25. The Morgan fingerprint density at radius 2 is 2.07 bits per heavy atom. The highest BCUT2D eigenvalue weighted by atomic mass is 16.5. The largest absolute Gasteiger partial charge is 0.370 e. The summed E-state index contributed by atoms with van der Waals surface area (Å²) in [5, 5.41) is 3.47. The fraction of sp³-hybridized carbons (Fsp3) is 0.348. The van der Waals surface area contributed by atoms with Crippen LogP contribution < -0.4 is 5.32 Å². The number of aromatic nitrogens is 3. The van der Waals surface area contributed by atoms with Crippen molar-refractivity contribution in [3.63, 3.8) is 0 Å². The number of imidazole rings is 1. The molecule has 30 heavy (non-hydrogen) atoms. The predicted molar refractivity (Wildman–Crippen MR) is 118 cm³/mol. The van der Waals surface area contributed by atoms with Crippen molar-refractivity contribution in [2.75, 3.05) is 26.7 Å². The summed E-state index contributed by atoms with van der Waals surface area (Å²) < 4.78 is 8.02. The minimum Gasteiger partial charge on any atom is -0.370 e. The third-order valence-corrected chi connectivity index (χ3v) is 5.45. The molecule has 4 rings (SSSR count). The SMILES string of the molecule is CN=C(NCc1ccc(-n2ccnc2C)nc1)N1CCOC(c2ccccc2C)C1. The molecule has 0 bridgehead atoms. The van der Waals surface area contributed by atoms with Crippen molar-refractivity contribution in [2.24, 2.45) is 4.99 Å². The highest BCUT2D eigenvalue weighted by Gasteiger charge is 2.25. The number of benzene rings is 1. The van der Waals surface area contributed by atoms with E-state index >= 15 is 0 Å². The van der Waals surface area contributed by atoms with Crippen LogP contribution in [0.15, 0.2) is 60.0 Å². The standard InChI is InChI=1S/C23H28N6O/c1-17-6-4-5-7-20(17)21-16-28(12-13-30-21)23(24-3)27-15-19-8-9-22(26-14-19)29-11-10-25-18(29)2/h4-11,14,21H,12-13,15-16H2,1-3H3,(H,24,27). The van der Waals surface area contributed by atoms with Crippen LogP contribution in [-0.2, 0) is 11.3 Å². The van der Waals surface area contributed by atoms with E-state index in [1.54, 1.807) is 6.20 Å². The van der Waals surface area contributed by atoms with Gasteiger partial charge in [0.2, 0.25) is 0 Å². The van der Waals surface area contributed by atoms with Gasteiger partial charge in [-0.15, -0.1) is 0 Å². The number of rotatable bonds is 4. The van der Waals surface area contributed by atoms with Gasteiger partial charge in [-0.25, -0.2) is 9.97 Å². The van der Waals surface area contributed by atoms with E-state index in [0.717, 1.165) is 36.3 Å². The van der Waals surface area contributed by atoms with Gasteiger partial charge < -0.3 is 15.0 Å². The summed E-state index contributed by atoms with van der Waals surface area (Å²) in [7, 11) is 1.82. The Kier molecular flexibility index (Phi) is 6.09. The summed E-state index contributed by atoms with van der Waals surface area (Å²) in [5.41, 5.74) is 3.60. The van der Waals surface area contributed by atoms with Crippen molar-refractivity contribution in [1.82, 2.24) is 24.8 Å². The molecule has 0 spiro atoms. The Balaban J connectivity index is 1.39. The van der Waals surface area contributed by atoms with Gasteiger partial charge in [0.1, 0.15) is 17.7 Å². The second-order valence-corrected chi connectivity index (χ2v) is 7.43. The number of pyridine rings is 1. The number of hydrogen-bond donors (Lipinski definition) is 1. The molecule has 1 saturated heterocycles. The van der Waals surface area contributed by atoms with Gasteiger partial charge in [0.05, 0.1) is 13.2 Å². The van der Waals surface area contributed by atoms with E-state index in [1.165, 1.54) is 11.1 Å². The number of guanidine groups is 1. The minimum atomic E-state index is 0.0536. The van der Waals surface area contributed by atoms with E-state index in [4.69, 9.17) is 4.74 Å². The first-order chi connectivity index (χ1) is 14.7. The number of hydrogen-bond acceptors (Lipinski definition) is 4. The zero-order valence-electron chi connectivity index (χ0n) is 17.7. The van der Waals surface area contributed by atoms with Crippen molar-refractivity contribution in [1.29, 1.82) is 0 Å². The molecule has 1 atom stereocenters. The fourth-order valence-corrected chi connectivity index (χ4v) is 3.78. The predicted octanol–water partition coefficient (Wildman–Crippen LogP) is 3.03. The lowest BCUT2D eigenvalue weighted by Crippen LogP contribution is -2.48. The van der Waals surface area contributed by atoms with Gasteiger partial charge in [-0.2, -0.15) is 0 Å². The van der Waals surface area contributed by atoms with E-state index in [9.17, 15) is 0 Å². The fourth-order valence-electron chi connectivity index (χ4n) is 3.78. The quantitative estimate of drug-likeness (QED) is 0.535. The van der Waals surface area contributed by atoms with Crippen molar-refractivity contribution in [3.05, 3.63) is 77.5 Å². The Labute approximate surface area is 177 Å². The second kappa shape index (κ2) is 9.09. The van der Waals surface area contributed by atoms with E-state index in [1.807, 2.05) is 37.0 Å². The van der Waals surface area contributed by atoms with Gasteiger partial charge in [0, 0.05) is 38.7 Å². The maximum Gasteiger partial charge on any atom is 0.194 e. The van der Waals surface area contributed by atoms with E-state index in [0.29, 0.717) is 13.2 Å². The summed E-state index contributed by atoms with van der Waals surface area (Å²) in [6, 6.07) is 12.5. The molecular weight excluding hydrogens is 376 g/mol. The Hall–Kier alpha value is -3.19. The Morgan fingerprint density at radius 3 is 2.77 bits per heavy atom. The topological polar surface area (TPSA) is 67.6 Å². The summed E-state index contributed by atoms with van der Waals surface area (Å²) >= 11 is 0. The molecular formula is C23H28N6O. The third-order valence-electron chi connectivity index (χ3n) is 5.45. The monoisotopic (exact) mass is 404 g/mol. The lowest BCUT2D eigenvalue weighted by molar-refractivity contribution is -0.00834. The first kappa shape index (κ1) is 20.1. The first-order valence-corrected chi connectivity index (χ1v) is 10.2. The molecule has 3 heterocycles. The van der Waals surface area contributed by atoms with Crippen LogP contribution in [0, 0.1) is 13.8 Å². The normalized spacial score (nSPS) is 17.2. The van der Waals surface area contributed by atoms with Crippen LogP contribution in [0.2, 0.25) is 0 Å². The van der Waals surface area contributed by atoms with Gasteiger partial charge in [0.25, 0.3) is 0 Å². The lowest BCUT2D eigenvalue weighted by atomic mass is 10.0. The molecule has 7 nitrogen and oxygen atoms in total. The molecule has 156 valence electrons. The number of nitrogens with one attached hydrogen (secondary N) is 1. The molecule has 1 fully saturated rings. The molecule has 0 amide bonds. The summed E-state index contributed by atoms with van der Waals surface area (Å²) in [6.07, 6.45) is 5.65. The van der Waals surface area contributed by atoms with Crippen LogP contribution in [0.1, 0.15) is 28.6 Å². The molecule has 1 aliphatic rings. The van der Waals surface area contributed by atoms with Crippen molar-refractivity contribution >= 4 is 5.96 Å². The second-order valence-electron chi connectivity index (χ2n) is 7.43. The van der Waals surface area contributed by atoms with Crippen molar-refractivity contribution in [3.8, 4) is 5.82 Å². The van der Waals surface area contributed by atoms with E-state index in [2.05, 4.69) is 62.4 Å². The van der Waals surface area contributed by atoms with Crippen LogP contribution >= 0.6 is 0 Å². The van der Waals surface area contributed by atoms with E-state index < -0.39 is 0 Å². The van der Waals surface area contributed by atoms with Crippen LogP contribution in [-0.4, -0.2) is 52.1 Å². The smallest absolute Gasteiger partial charge is 0.194 e. The maximum absolute atomic E-state index is 6.05. The number of aliphatic imine (C=N–C) groups is 1. The molecule has 0 radical (unpaired) electrons. The zero-order chi connectivity index (χ0) is 20.9. The zero-order valence-corrected chi connectivity index (χ0v) is 17.7. The molecule has 1 aliphatic heterocycles. The van der Waals surface area contributed by atoms with Crippen LogP contribution in [0.4, 0.5) is 0 Å². The van der Waals surface area contributed by atoms with E-state index in [-0.39, 0.29) is 6.10 Å². The minimum absolute atomic E-state index is 0.0536.